The van der Waals surface area contributed by atoms with Crippen LogP contribution in [0.25, 0.3) is 0 Å². The second-order valence-electron chi connectivity index (χ2n) is 6.29. The molecule has 1 aliphatic heterocycles. The maximum Gasteiger partial charge on any atom is 0.193 e. The van der Waals surface area contributed by atoms with Crippen molar-refractivity contribution in [2.45, 2.75) is 39.0 Å². The zero-order valence-electron chi connectivity index (χ0n) is 13.2. The predicted molar refractivity (Wildman–Crippen MR) is 88.7 cm³/mol. The van der Waals surface area contributed by atoms with Crippen molar-refractivity contribution in [2.24, 2.45) is 16.1 Å². The van der Waals surface area contributed by atoms with Gasteiger partial charge >= 0.3 is 0 Å². The van der Waals surface area contributed by atoms with Gasteiger partial charge in [-0.2, -0.15) is 0 Å². The van der Waals surface area contributed by atoms with E-state index in [4.69, 9.17) is 15.2 Å². The maximum atomic E-state index is 6.01. The van der Waals surface area contributed by atoms with Crippen molar-refractivity contribution >= 4 is 11.6 Å². The van der Waals surface area contributed by atoms with E-state index in [1.165, 1.54) is 25.7 Å². The molecule has 0 unspecified atom stereocenters. The minimum atomic E-state index is 0.422. The third-order valence-corrected chi connectivity index (χ3v) is 4.34. The van der Waals surface area contributed by atoms with E-state index in [0.717, 1.165) is 30.2 Å². The lowest BCUT2D eigenvalue weighted by Crippen LogP contribution is -2.24. The lowest BCUT2D eigenvalue weighted by Gasteiger charge is -2.13. The Morgan fingerprint density at radius 3 is 2.77 bits per heavy atom. The van der Waals surface area contributed by atoms with Gasteiger partial charge in [0.1, 0.15) is 0 Å². The lowest BCUT2D eigenvalue weighted by atomic mass is 10.0. The number of aliphatic imine (C=N–C) groups is 1. The Kier molecular flexibility index (Phi) is 4.41. The molecule has 120 valence electrons. The van der Waals surface area contributed by atoms with Gasteiger partial charge in [0.05, 0.1) is 13.2 Å². The van der Waals surface area contributed by atoms with Crippen molar-refractivity contribution in [3.8, 4) is 11.5 Å². The number of nitrogens with one attached hydrogen (secondary N) is 1. The summed E-state index contributed by atoms with van der Waals surface area (Å²) in [6.07, 6.45) is 5.92. The highest BCUT2D eigenvalue weighted by Crippen LogP contribution is 2.49. The van der Waals surface area contributed by atoms with Gasteiger partial charge in [-0.15, -0.1) is 0 Å². The van der Waals surface area contributed by atoms with Crippen LogP contribution in [0.3, 0.4) is 0 Å². The van der Waals surface area contributed by atoms with E-state index in [1.54, 1.807) is 0 Å². The van der Waals surface area contributed by atoms with Crippen molar-refractivity contribution in [3.05, 3.63) is 18.2 Å². The Labute approximate surface area is 131 Å². The topological polar surface area (TPSA) is 68.9 Å². The fourth-order valence-electron chi connectivity index (χ4n) is 2.88. The van der Waals surface area contributed by atoms with E-state index in [0.29, 0.717) is 24.6 Å². The summed E-state index contributed by atoms with van der Waals surface area (Å²) < 4.78 is 11.3. The highest BCUT2D eigenvalue weighted by atomic mass is 16.5. The van der Waals surface area contributed by atoms with Gasteiger partial charge in [-0.05, 0) is 36.8 Å². The molecule has 0 spiro atoms. The molecule has 0 saturated heterocycles. The van der Waals surface area contributed by atoms with Gasteiger partial charge in [-0.25, -0.2) is 0 Å². The van der Waals surface area contributed by atoms with Crippen LogP contribution in [-0.2, 0) is 0 Å². The largest absolute Gasteiger partial charge is 0.490 e. The van der Waals surface area contributed by atoms with E-state index in [2.05, 4.69) is 17.2 Å². The van der Waals surface area contributed by atoms with Crippen molar-refractivity contribution < 1.29 is 9.47 Å². The Balaban J connectivity index is 1.61. The molecule has 1 aromatic carbocycles. The number of benzene rings is 1. The van der Waals surface area contributed by atoms with Crippen molar-refractivity contribution in [1.29, 1.82) is 0 Å². The fourth-order valence-corrected chi connectivity index (χ4v) is 2.88. The van der Waals surface area contributed by atoms with Gasteiger partial charge in [0.15, 0.2) is 17.5 Å². The van der Waals surface area contributed by atoms with E-state index >= 15 is 0 Å². The van der Waals surface area contributed by atoms with E-state index < -0.39 is 0 Å². The van der Waals surface area contributed by atoms with Gasteiger partial charge in [0.25, 0.3) is 0 Å². The van der Waals surface area contributed by atoms with Gasteiger partial charge < -0.3 is 20.5 Å². The molecule has 22 heavy (non-hydrogen) atoms. The molecule has 3 rings (SSSR count). The standard InChI is InChI=1S/C17H25N3O2/c1-2-6-17(7-8-17)12-19-16(18)20-13-4-5-14-15(11-13)22-10-3-9-21-14/h4-5,11H,2-3,6-10,12H2,1H3,(H3,18,19,20). The Morgan fingerprint density at radius 2 is 2.05 bits per heavy atom. The lowest BCUT2D eigenvalue weighted by molar-refractivity contribution is 0.297. The number of hydrogen-bond donors (Lipinski definition) is 2. The summed E-state index contributed by atoms with van der Waals surface area (Å²) in [7, 11) is 0. The minimum Gasteiger partial charge on any atom is -0.490 e. The molecule has 0 amide bonds. The molecule has 1 aliphatic carbocycles. The number of fused-ring (bicyclic) bond motifs is 1. The summed E-state index contributed by atoms with van der Waals surface area (Å²) in [5, 5.41) is 3.15. The number of guanidine groups is 1. The van der Waals surface area contributed by atoms with Crippen LogP contribution in [0.4, 0.5) is 5.69 Å². The first-order valence-corrected chi connectivity index (χ1v) is 8.17. The van der Waals surface area contributed by atoms with Gasteiger partial charge in [0.2, 0.25) is 0 Å². The van der Waals surface area contributed by atoms with Crippen LogP contribution in [0.15, 0.2) is 23.2 Å². The van der Waals surface area contributed by atoms with Crippen LogP contribution < -0.4 is 20.5 Å². The normalized spacial score (nSPS) is 19.4. The van der Waals surface area contributed by atoms with Crippen LogP contribution in [-0.4, -0.2) is 25.7 Å². The predicted octanol–water partition coefficient (Wildman–Crippen LogP) is 3.15. The van der Waals surface area contributed by atoms with Crippen LogP contribution in [0.1, 0.15) is 39.0 Å². The quantitative estimate of drug-likeness (QED) is 0.647. The number of nitrogens with two attached hydrogens (primary N) is 1. The number of nitrogens with zero attached hydrogens (tertiary/aromatic N) is 1. The average molecular weight is 303 g/mol. The molecule has 1 aromatic rings. The highest BCUT2D eigenvalue weighted by Gasteiger charge is 2.41. The van der Waals surface area contributed by atoms with Crippen LogP contribution >= 0.6 is 0 Å². The molecule has 2 aliphatic rings. The molecule has 1 heterocycles. The second-order valence-corrected chi connectivity index (χ2v) is 6.29. The molecule has 3 N–H and O–H groups in total. The Bertz CT molecular complexity index is 553. The van der Waals surface area contributed by atoms with Crippen molar-refractivity contribution in [2.75, 3.05) is 25.1 Å². The summed E-state index contributed by atoms with van der Waals surface area (Å²) in [4.78, 5) is 4.51. The van der Waals surface area contributed by atoms with E-state index in [9.17, 15) is 0 Å². The first kappa shape index (κ1) is 15.0. The zero-order valence-corrected chi connectivity index (χ0v) is 13.2. The molecule has 0 aromatic heterocycles. The smallest absolute Gasteiger partial charge is 0.193 e. The molecule has 0 bridgehead atoms. The van der Waals surface area contributed by atoms with E-state index in [1.807, 2.05) is 18.2 Å². The number of anilines is 1. The Morgan fingerprint density at radius 1 is 1.27 bits per heavy atom. The molecular weight excluding hydrogens is 278 g/mol. The first-order chi connectivity index (χ1) is 10.7. The molecule has 5 heteroatoms. The SMILES string of the molecule is CCCC1(CN=C(N)Nc2ccc3c(c2)OCCCO3)CC1. The van der Waals surface area contributed by atoms with Gasteiger partial charge in [0, 0.05) is 24.7 Å². The number of rotatable bonds is 5. The summed E-state index contributed by atoms with van der Waals surface area (Å²) in [6.45, 7) is 4.43. The molecule has 1 saturated carbocycles. The molecule has 1 fully saturated rings. The molecular formula is C17H25N3O2. The third-order valence-electron chi connectivity index (χ3n) is 4.34. The summed E-state index contributed by atoms with van der Waals surface area (Å²) in [5.74, 6) is 2.02. The van der Waals surface area contributed by atoms with Gasteiger partial charge in [-0.3, -0.25) is 4.99 Å². The van der Waals surface area contributed by atoms with Gasteiger partial charge in [-0.1, -0.05) is 13.3 Å². The molecule has 0 radical (unpaired) electrons. The van der Waals surface area contributed by atoms with Crippen LogP contribution in [0.2, 0.25) is 0 Å². The Hall–Kier alpha value is -1.91. The third kappa shape index (κ3) is 3.64. The maximum absolute atomic E-state index is 6.01. The summed E-state index contributed by atoms with van der Waals surface area (Å²) in [6, 6.07) is 5.77. The van der Waals surface area contributed by atoms with E-state index in [-0.39, 0.29) is 0 Å². The van der Waals surface area contributed by atoms with Crippen molar-refractivity contribution in [1.82, 2.24) is 0 Å². The monoisotopic (exact) mass is 303 g/mol. The summed E-state index contributed by atoms with van der Waals surface area (Å²) in [5.41, 5.74) is 7.31. The van der Waals surface area contributed by atoms with Crippen LogP contribution in [0, 0.1) is 5.41 Å². The molecule has 5 nitrogen and oxygen atoms in total. The summed E-state index contributed by atoms with van der Waals surface area (Å²) >= 11 is 0. The minimum absolute atomic E-state index is 0.422. The highest BCUT2D eigenvalue weighted by molar-refractivity contribution is 5.92. The molecule has 0 atom stereocenters. The fraction of sp³-hybridized carbons (Fsp3) is 0.588. The first-order valence-electron chi connectivity index (χ1n) is 8.17. The second kappa shape index (κ2) is 6.46. The average Bonchev–Trinajstić information content (AvgIpc) is 3.29. The zero-order chi connectivity index (χ0) is 15.4. The van der Waals surface area contributed by atoms with Crippen LogP contribution in [0.5, 0.6) is 11.5 Å². The number of hydrogen-bond acceptors (Lipinski definition) is 3. The van der Waals surface area contributed by atoms with Crippen molar-refractivity contribution in [3.63, 3.8) is 0 Å². The number of ether oxygens (including phenoxy) is 2.